The quantitative estimate of drug-likeness (QED) is 0.335. The molecule has 0 saturated carbocycles. The van der Waals surface area contributed by atoms with E-state index in [9.17, 15) is 26.4 Å². The van der Waals surface area contributed by atoms with Crippen LogP contribution in [0.1, 0.15) is 44.4 Å². The van der Waals surface area contributed by atoms with Crippen molar-refractivity contribution >= 4 is 33.4 Å². The van der Waals surface area contributed by atoms with E-state index >= 15 is 4.39 Å². The molecule has 3 N–H and O–H groups in total. The van der Waals surface area contributed by atoms with Gasteiger partial charge in [0.05, 0.1) is 30.7 Å². The summed E-state index contributed by atoms with van der Waals surface area (Å²) in [5.74, 6) is -2.66. The van der Waals surface area contributed by atoms with Gasteiger partial charge in [0.15, 0.2) is 0 Å². The molecule has 2 aromatic rings. The summed E-state index contributed by atoms with van der Waals surface area (Å²) in [5, 5.41) is 8.06. The van der Waals surface area contributed by atoms with Crippen molar-refractivity contribution in [3.8, 4) is 0 Å². The minimum Gasteiger partial charge on any atom is -0.495 e. The van der Waals surface area contributed by atoms with Crippen LogP contribution in [0, 0.1) is 12.8 Å². The van der Waals surface area contributed by atoms with Gasteiger partial charge < -0.3 is 20.7 Å². The predicted molar refractivity (Wildman–Crippen MR) is 156 cm³/mol. The highest BCUT2D eigenvalue weighted by Crippen LogP contribution is 2.37. The summed E-state index contributed by atoms with van der Waals surface area (Å²) in [6.45, 7) is 8.00. The number of rotatable bonds is 9. The molecule has 15 heteroatoms. The van der Waals surface area contributed by atoms with Gasteiger partial charge in [-0.05, 0) is 64.0 Å². The number of benzene rings is 1. The standard InChI is InChI=1S/C28H36F4N6O4S/c1-16-9-10-17(21(11-16)38(6)43(8,40)41)14-33-23-19(28(30,31)32)15-34-25(36-23)35-20-13-27(5,29)18(12-22(20)42-7)24(39)37-26(2,3)4/h9-13,15,18H,14H2,1-8H3,(H,37,39)(H2,33,34,35,36). The molecule has 1 amide bonds. The summed E-state index contributed by atoms with van der Waals surface area (Å²) in [7, 11) is -1.01. The molecule has 1 heterocycles. The third-order valence-electron chi connectivity index (χ3n) is 6.48. The maximum absolute atomic E-state index is 15.7. The minimum absolute atomic E-state index is 0.00798. The normalized spacial score (nSPS) is 19.2. The number of alkyl halides is 4. The van der Waals surface area contributed by atoms with E-state index in [2.05, 4.69) is 25.9 Å². The number of nitrogens with zero attached hydrogens (tertiary/aromatic N) is 3. The second-order valence-electron chi connectivity index (χ2n) is 11.5. The van der Waals surface area contributed by atoms with Crippen molar-refractivity contribution in [2.24, 2.45) is 5.92 Å². The zero-order valence-electron chi connectivity index (χ0n) is 25.1. The van der Waals surface area contributed by atoms with Crippen molar-refractivity contribution < 1.29 is 35.5 Å². The Balaban J connectivity index is 1.96. The number of aryl methyl sites for hydroxylation is 1. The molecule has 2 unspecified atom stereocenters. The van der Waals surface area contributed by atoms with E-state index in [1.54, 1.807) is 45.9 Å². The highest BCUT2D eigenvalue weighted by Gasteiger charge is 2.42. The number of sulfonamides is 1. The highest BCUT2D eigenvalue weighted by atomic mass is 32.2. The van der Waals surface area contributed by atoms with Gasteiger partial charge in [-0.3, -0.25) is 9.10 Å². The summed E-state index contributed by atoms with van der Waals surface area (Å²) in [4.78, 5) is 20.5. The summed E-state index contributed by atoms with van der Waals surface area (Å²) in [5.41, 5.74) is -2.54. The zero-order valence-corrected chi connectivity index (χ0v) is 26.0. The molecule has 1 aromatic heterocycles. The lowest BCUT2D eigenvalue weighted by molar-refractivity contribution is -0.137. The smallest absolute Gasteiger partial charge is 0.421 e. The molecule has 0 aliphatic heterocycles. The zero-order chi connectivity index (χ0) is 32.5. The van der Waals surface area contributed by atoms with Crippen LogP contribution < -0.4 is 20.3 Å². The molecule has 0 spiro atoms. The number of anilines is 3. The highest BCUT2D eigenvalue weighted by molar-refractivity contribution is 7.92. The molecular weight excluding hydrogens is 592 g/mol. The Kier molecular flexibility index (Phi) is 9.39. The van der Waals surface area contributed by atoms with Gasteiger partial charge >= 0.3 is 6.18 Å². The lowest BCUT2D eigenvalue weighted by atomic mass is 9.84. The Labute approximate surface area is 248 Å². The molecule has 43 heavy (non-hydrogen) atoms. The van der Waals surface area contributed by atoms with Crippen molar-refractivity contribution in [1.29, 1.82) is 0 Å². The topological polar surface area (TPSA) is 126 Å². The lowest BCUT2D eigenvalue weighted by Crippen LogP contribution is -2.49. The van der Waals surface area contributed by atoms with Crippen molar-refractivity contribution in [1.82, 2.24) is 15.3 Å². The van der Waals surface area contributed by atoms with Crippen LogP contribution in [0.25, 0.3) is 0 Å². The van der Waals surface area contributed by atoms with Crippen LogP contribution in [0.15, 0.2) is 48.0 Å². The number of amides is 1. The molecule has 1 aromatic carbocycles. The number of hydrogen-bond acceptors (Lipinski definition) is 8. The van der Waals surface area contributed by atoms with E-state index in [0.29, 0.717) is 11.8 Å². The Bertz CT molecular complexity index is 1550. The van der Waals surface area contributed by atoms with Crippen LogP contribution in [0.3, 0.4) is 0 Å². The first-order valence-corrected chi connectivity index (χ1v) is 15.0. The lowest BCUT2D eigenvalue weighted by Gasteiger charge is -2.33. The molecule has 3 rings (SSSR count). The largest absolute Gasteiger partial charge is 0.495 e. The number of halogens is 4. The van der Waals surface area contributed by atoms with Crippen LogP contribution in [0.2, 0.25) is 0 Å². The van der Waals surface area contributed by atoms with Crippen molar-refractivity contribution in [3.63, 3.8) is 0 Å². The van der Waals surface area contributed by atoms with Gasteiger partial charge in [-0.2, -0.15) is 18.2 Å². The van der Waals surface area contributed by atoms with Gasteiger partial charge in [-0.15, -0.1) is 0 Å². The molecular formula is C28H36F4N6O4S. The summed E-state index contributed by atoms with van der Waals surface area (Å²) in [6.07, 6.45) is -0.866. The van der Waals surface area contributed by atoms with E-state index in [1.165, 1.54) is 27.2 Å². The first kappa shape index (κ1) is 33.6. The Hall–Kier alpha value is -3.88. The molecule has 0 saturated heterocycles. The number of allylic oxidation sites excluding steroid dienone is 1. The average molecular weight is 629 g/mol. The average Bonchev–Trinajstić information content (AvgIpc) is 2.85. The first-order chi connectivity index (χ1) is 19.6. The molecule has 1 aliphatic rings. The van der Waals surface area contributed by atoms with Crippen LogP contribution in [-0.4, -0.2) is 55.9 Å². The number of nitrogens with one attached hydrogen (secondary N) is 3. The van der Waals surface area contributed by atoms with E-state index in [1.807, 2.05) is 0 Å². The predicted octanol–water partition coefficient (Wildman–Crippen LogP) is 4.91. The fourth-order valence-electron chi connectivity index (χ4n) is 4.28. The molecule has 236 valence electrons. The van der Waals surface area contributed by atoms with Gasteiger partial charge in [0.25, 0.3) is 0 Å². The monoisotopic (exact) mass is 628 g/mol. The maximum atomic E-state index is 15.7. The molecule has 2 atom stereocenters. The second-order valence-corrected chi connectivity index (χ2v) is 13.5. The van der Waals surface area contributed by atoms with E-state index in [-0.39, 0.29) is 29.6 Å². The fraction of sp³-hybridized carbons (Fsp3) is 0.464. The molecule has 0 radical (unpaired) electrons. The second kappa shape index (κ2) is 12.0. The van der Waals surface area contributed by atoms with Crippen LogP contribution >= 0.6 is 0 Å². The van der Waals surface area contributed by atoms with E-state index in [0.717, 1.165) is 22.2 Å². The Morgan fingerprint density at radius 1 is 1.21 bits per heavy atom. The Morgan fingerprint density at radius 2 is 1.86 bits per heavy atom. The van der Waals surface area contributed by atoms with Crippen molar-refractivity contribution in [3.05, 3.63) is 64.7 Å². The van der Waals surface area contributed by atoms with Crippen LogP contribution in [0.5, 0.6) is 0 Å². The fourth-order valence-corrected chi connectivity index (χ4v) is 4.81. The summed E-state index contributed by atoms with van der Waals surface area (Å²) < 4.78 is 88.1. The van der Waals surface area contributed by atoms with Gasteiger partial charge in [0, 0.05) is 25.3 Å². The van der Waals surface area contributed by atoms with Crippen LogP contribution in [-0.2, 0) is 32.3 Å². The number of carbonyl (C=O) groups is 1. The number of aromatic nitrogens is 2. The van der Waals surface area contributed by atoms with Crippen molar-refractivity contribution in [2.75, 3.05) is 35.4 Å². The number of ether oxygens (including phenoxy) is 1. The molecule has 10 nitrogen and oxygen atoms in total. The van der Waals surface area contributed by atoms with Crippen molar-refractivity contribution in [2.45, 2.75) is 58.5 Å². The summed E-state index contributed by atoms with van der Waals surface area (Å²) >= 11 is 0. The first-order valence-electron chi connectivity index (χ1n) is 13.1. The van der Waals surface area contributed by atoms with Gasteiger partial charge in [-0.25, -0.2) is 17.8 Å². The molecule has 1 aliphatic carbocycles. The Morgan fingerprint density at radius 3 is 2.42 bits per heavy atom. The number of methoxy groups -OCH3 is 1. The van der Waals surface area contributed by atoms with E-state index < -0.39 is 50.6 Å². The van der Waals surface area contributed by atoms with Gasteiger partial charge in [-0.1, -0.05) is 12.1 Å². The number of hydrogen-bond donors (Lipinski definition) is 3. The minimum atomic E-state index is -4.83. The van der Waals surface area contributed by atoms with Gasteiger partial charge in [0.2, 0.25) is 21.9 Å². The summed E-state index contributed by atoms with van der Waals surface area (Å²) in [6, 6.07) is 4.90. The SMILES string of the molecule is COC1=CC(C(=O)NC(C)(C)C)C(C)(F)C=C1Nc1ncc(C(F)(F)F)c(NCc2ccc(C)cc2N(C)S(C)(=O)=O)n1. The maximum Gasteiger partial charge on any atom is 0.421 e. The molecule has 0 fully saturated rings. The van der Waals surface area contributed by atoms with Gasteiger partial charge in [0.1, 0.15) is 22.8 Å². The third-order valence-corrected chi connectivity index (χ3v) is 7.67. The number of carbonyl (C=O) groups excluding carboxylic acids is 1. The van der Waals surface area contributed by atoms with E-state index in [4.69, 9.17) is 4.74 Å². The van der Waals surface area contributed by atoms with Crippen LogP contribution in [0.4, 0.5) is 35.0 Å². The third kappa shape index (κ3) is 8.36. The molecule has 0 bridgehead atoms.